The molecule has 2 aliphatic rings. The average Bonchev–Trinajstić information content (AvgIpc) is 3.69. The van der Waals surface area contributed by atoms with Crippen molar-refractivity contribution < 1.29 is 4.84 Å². The first-order valence-electron chi connectivity index (χ1n) is 11.4. The van der Waals surface area contributed by atoms with Crippen LogP contribution < -0.4 is 10.5 Å². The molecule has 0 spiro atoms. The minimum atomic E-state index is -0.0876. The Morgan fingerprint density at radius 1 is 1.21 bits per heavy atom. The number of nitrogens with zero attached hydrogens (tertiary/aromatic N) is 6. The molecule has 5 rings (SSSR count). The number of piperidine rings is 1. The Kier molecular flexibility index (Phi) is 5.78. The smallest absolute Gasteiger partial charge is 0.252 e. The van der Waals surface area contributed by atoms with Gasteiger partial charge in [0.2, 0.25) is 0 Å². The highest BCUT2D eigenvalue weighted by Gasteiger charge is 2.28. The molecule has 1 aliphatic heterocycles. The van der Waals surface area contributed by atoms with Crippen LogP contribution in [0.1, 0.15) is 37.1 Å². The van der Waals surface area contributed by atoms with Crippen molar-refractivity contribution in [3.8, 4) is 6.07 Å². The van der Waals surface area contributed by atoms with Crippen LogP contribution in [0, 0.1) is 23.2 Å². The molecule has 0 radical (unpaired) electrons. The van der Waals surface area contributed by atoms with Gasteiger partial charge in [-0.2, -0.15) is 5.26 Å². The van der Waals surface area contributed by atoms with E-state index < -0.39 is 0 Å². The summed E-state index contributed by atoms with van der Waals surface area (Å²) in [5, 5.41) is 13.8. The van der Waals surface area contributed by atoms with Gasteiger partial charge in [-0.05, 0) is 55.9 Å². The highest BCUT2D eigenvalue weighted by molar-refractivity contribution is 6.00. The normalized spacial score (nSPS) is 17.2. The number of rotatable bonds is 6. The number of oxime groups is 1. The Hall–Kier alpha value is -3.73. The molecule has 1 saturated carbocycles. The van der Waals surface area contributed by atoms with Gasteiger partial charge in [-0.3, -0.25) is 9.78 Å². The summed E-state index contributed by atoms with van der Waals surface area (Å²) in [6.45, 7) is 2.17. The van der Waals surface area contributed by atoms with Crippen LogP contribution in [0.3, 0.4) is 0 Å². The van der Waals surface area contributed by atoms with E-state index in [0.29, 0.717) is 23.7 Å². The van der Waals surface area contributed by atoms with Gasteiger partial charge in [-0.25, -0.2) is 4.98 Å². The largest absolute Gasteiger partial charge is 0.395 e. The SMILES string of the molecule is Cn1c(=O)cc(N2CCC(/C(=N/OCC3CC3)c3ccccn3)CC2)c2nc(C#N)ccc21. The van der Waals surface area contributed by atoms with E-state index in [-0.39, 0.29) is 11.5 Å². The summed E-state index contributed by atoms with van der Waals surface area (Å²) in [5.41, 5.74) is 4.19. The van der Waals surface area contributed by atoms with Gasteiger partial charge >= 0.3 is 0 Å². The van der Waals surface area contributed by atoms with Crippen molar-refractivity contribution in [1.29, 1.82) is 5.26 Å². The monoisotopic (exact) mass is 442 g/mol. The quantitative estimate of drug-likeness (QED) is 0.429. The minimum Gasteiger partial charge on any atom is -0.395 e. The molecule has 0 aromatic carbocycles. The van der Waals surface area contributed by atoms with Crippen molar-refractivity contribution in [3.63, 3.8) is 0 Å². The molecule has 0 bridgehead atoms. The molecule has 0 amide bonds. The third-order valence-electron chi connectivity index (χ3n) is 6.50. The van der Waals surface area contributed by atoms with E-state index >= 15 is 0 Å². The molecule has 2 fully saturated rings. The van der Waals surface area contributed by atoms with E-state index in [4.69, 9.17) is 4.84 Å². The summed E-state index contributed by atoms with van der Waals surface area (Å²) in [7, 11) is 1.73. The number of fused-ring (bicyclic) bond motifs is 1. The maximum absolute atomic E-state index is 12.6. The Labute approximate surface area is 192 Å². The zero-order valence-electron chi connectivity index (χ0n) is 18.6. The molecule has 33 heavy (non-hydrogen) atoms. The van der Waals surface area contributed by atoms with Crippen molar-refractivity contribution in [2.45, 2.75) is 25.7 Å². The van der Waals surface area contributed by atoms with E-state index in [1.165, 1.54) is 12.8 Å². The zero-order valence-corrected chi connectivity index (χ0v) is 18.6. The van der Waals surface area contributed by atoms with Crippen LogP contribution in [0.5, 0.6) is 0 Å². The van der Waals surface area contributed by atoms with Crippen LogP contribution in [0.2, 0.25) is 0 Å². The van der Waals surface area contributed by atoms with E-state index in [2.05, 4.69) is 26.1 Å². The first-order chi connectivity index (χ1) is 16.1. The summed E-state index contributed by atoms with van der Waals surface area (Å²) in [5.74, 6) is 0.858. The first kappa shape index (κ1) is 21.1. The number of aryl methyl sites for hydroxylation is 1. The topological polar surface area (TPSA) is 96.4 Å². The molecule has 168 valence electrons. The molecule has 0 N–H and O–H groups in total. The van der Waals surface area contributed by atoms with Gasteiger partial charge in [0, 0.05) is 38.3 Å². The van der Waals surface area contributed by atoms with Crippen LogP contribution in [0.25, 0.3) is 11.0 Å². The third kappa shape index (κ3) is 4.44. The van der Waals surface area contributed by atoms with Crippen molar-refractivity contribution in [3.05, 3.63) is 64.3 Å². The second kappa shape index (κ2) is 9.02. The van der Waals surface area contributed by atoms with Gasteiger partial charge in [0.15, 0.2) is 0 Å². The maximum atomic E-state index is 12.6. The predicted octanol–water partition coefficient (Wildman–Crippen LogP) is 3.25. The molecular formula is C25H26N6O2. The fourth-order valence-corrected chi connectivity index (χ4v) is 4.35. The lowest BCUT2D eigenvalue weighted by atomic mass is 9.89. The Balaban J connectivity index is 1.40. The molecule has 3 aromatic rings. The standard InChI is InChI=1S/C25H26N6O2/c1-30-21-8-7-19(15-26)28-25(21)22(14-23(30)32)31-12-9-18(10-13-31)24(20-4-2-3-11-27-20)29-33-16-17-5-6-17/h2-4,7-8,11,14,17-18H,5-6,9-10,12-13,16H2,1H3/b29-24-. The Morgan fingerprint density at radius 3 is 2.73 bits per heavy atom. The highest BCUT2D eigenvalue weighted by Crippen LogP contribution is 2.31. The second-order valence-electron chi connectivity index (χ2n) is 8.79. The van der Waals surface area contributed by atoms with Gasteiger partial charge in [0.1, 0.15) is 29.6 Å². The van der Waals surface area contributed by atoms with Crippen LogP contribution in [-0.4, -0.2) is 39.9 Å². The molecule has 0 unspecified atom stereocenters. The lowest BCUT2D eigenvalue weighted by molar-refractivity contribution is 0.132. The van der Waals surface area contributed by atoms with Crippen molar-refractivity contribution in [2.24, 2.45) is 24.0 Å². The Bertz CT molecular complexity index is 1280. The highest BCUT2D eigenvalue weighted by atomic mass is 16.6. The van der Waals surface area contributed by atoms with Crippen LogP contribution >= 0.6 is 0 Å². The fourth-order valence-electron chi connectivity index (χ4n) is 4.35. The minimum absolute atomic E-state index is 0.0876. The predicted molar refractivity (Wildman–Crippen MR) is 126 cm³/mol. The lowest BCUT2D eigenvalue weighted by Gasteiger charge is -2.34. The number of nitriles is 1. The van der Waals surface area contributed by atoms with Crippen molar-refractivity contribution >= 4 is 22.4 Å². The molecule has 1 saturated heterocycles. The van der Waals surface area contributed by atoms with Crippen LogP contribution in [-0.2, 0) is 11.9 Å². The van der Waals surface area contributed by atoms with E-state index in [1.54, 1.807) is 36.0 Å². The number of anilines is 1. The van der Waals surface area contributed by atoms with Gasteiger partial charge < -0.3 is 14.3 Å². The van der Waals surface area contributed by atoms with Gasteiger partial charge in [-0.15, -0.1) is 0 Å². The number of pyridine rings is 3. The summed E-state index contributed by atoms with van der Waals surface area (Å²) in [6.07, 6.45) is 5.94. The second-order valence-corrected chi connectivity index (χ2v) is 8.79. The first-order valence-corrected chi connectivity index (χ1v) is 11.4. The summed E-state index contributed by atoms with van der Waals surface area (Å²) >= 11 is 0. The van der Waals surface area contributed by atoms with E-state index in [9.17, 15) is 10.1 Å². The number of hydrogen-bond acceptors (Lipinski definition) is 7. The van der Waals surface area contributed by atoms with E-state index in [0.717, 1.165) is 48.5 Å². The lowest BCUT2D eigenvalue weighted by Crippen LogP contribution is -2.38. The number of hydrogen-bond donors (Lipinski definition) is 0. The van der Waals surface area contributed by atoms with Gasteiger partial charge in [0.05, 0.1) is 16.9 Å². The third-order valence-corrected chi connectivity index (χ3v) is 6.50. The van der Waals surface area contributed by atoms with Gasteiger partial charge in [0.25, 0.3) is 5.56 Å². The van der Waals surface area contributed by atoms with Crippen molar-refractivity contribution in [2.75, 3.05) is 24.6 Å². The number of aromatic nitrogens is 3. The van der Waals surface area contributed by atoms with E-state index in [1.807, 2.05) is 18.2 Å². The summed E-state index contributed by atoms with van der Waals surface area (Å²) in [4.78, 5) is 29.5. The van der Waals surface area contributed by atoms with Gasteiger partial charge in [-0.1, -0.05) is 11.2 Å². The summed E-state index contributed by atoms with van der Waals surface area (Å²) < 4.78 is 1.57. The molecule has 8 heteroatoms. The molecule has 8 nitrogen and oxygen atoms in total. The molecule has 3 aromatic heterocycles. The molecule has 0 atom stereocenters. The fraction of sp³-hybridized carbons (Fsp3) is 0.400. The zero-order chi connectivity index (χ0) is 22.8. The Morgan fingerprint density at radius 2 is 2.03 bits per heavy atom. The molecule has 4 heterocycles. The maximum Gasteiger partial charge on any atom is 0.252 e. The van der Waals surface area contributed by atoms with Crippen molar-refractivity contribution in [1.82, 2.24) is 14.5 Å². The summed E-state index contributed by atoms with van der Waals surface area (Å²) in [6, 6.07) is 13.0. The van der Waals surface area contributed by atoms with Crippen LogP contribution in [0.4, 0.5) is 5.69 Å². The molecular weight excluding hydrogens is 416 g/mol. The van der Waals surface area contributed by atoms with Crippen LogP contribution in [0.15, 0.2) is 52.5 Å². The molecule has 1 aliphatic carbocycles. The average molecular weight is 443 g/mol.